The van der Waals surface area contributed by atoms with E-state index in [4.69, 9.17) is 18.9 Å². The first-order chi connectivity index (χ1) is 27.9. The molecular weight excluding hydrogens is 721 g/mol. The summed E-state index contributed by atoms with van der Waals surface area (Å²) in [4.78, 5) is 12.8. The Morgan fingerprint density at radius 1 is 0.561 bits per heavy atom. The smallest absolute Gasteiger partial charge is 0.306 e. The summed E-state index contributed by atoms with van der Waals surface area (Å²) in [6.45, 7) is 4.53. The van der Waals surface area contributed by atoms with Gasteiger partial charge in [-0.25, -0.2) is 0 Å². The molecule has 1 heterocycles. The number of carbonyl (C=O) groups excluding carboxylic acids is 1. The van der Waals surface area contributed by atoms with Crippen LogP contribution in [-0.2, 0) is 23.7 Å². The summed E-state index contributed by atoms with van der Waals surface area (Å²) in [6.07, 6.45) is 40.3. The van der Waals surface area contributed by atoms with Crippen molar-refractivity contribution in [2.24, 2.45) is 0 Å². The van der Waals surface area contributed by atoms with Gasteiger partial charge in [0.25, 0.3) is 0 Å². The Hall–Kier alpha value is -1.59. The third-order valence-corrected chi connectivity index (χ3v) is 10.8. The zero-order chi connectivity index (χ0) is 41.4. The Bertz CT molecular complexity index is 968. The van der Waals surface area contributed by atoms with E-state index < -0.39 is 43.4 Å². The van der Waals surface area contributed by atoms with Crippen LogP contribution in [0.3, 0.4) is 0 Å². The van der Waals surface area contributed by atoms with Crippen molar-refractivity contribution in [3.8, 4) is 0 Å². The van der Waals surface area contributed by atoms with E-state index in [1.807, 2.05) is 0 Å². The number of carbonyl (C=O) groups is 1. The van der Waals surface area contributed by atoms with Crippen molar-refractivity contribution in [1.29, 1.82) is 0 Å². The highest BCUT2D eigenvalue weighted by Gasteiger charge is 2.44. The van der Waals surface area contributed by atoms with Crippen LogP contribution in [0.2, 0.25) is 0 Å². The molecule has 9 heteroatoms. The second-order valence-corrected chi connectivity index (χ2v) is 16.2. The molecule has 9 nitrogen and oxygen atoms in total. The number of ether oxygens (including phenoxy) is 4. The first-order valence-electron chi connectivity index (χ1n) is 23.6. The number of hydrogen-bond donors (Lipinski definition) is 4. The van der Waals surface area contributed by atoms with Gasteiger partial charge in [-0.15, -0.1) is 0 Å². The predicted octanol–water partition coefficient (Wildman–Crippen LogP) is 10.8. The first kappa shape index (κ1) is 53.4. The minimum atomic E-state index is -1.54. The zero-order valence-electron chi connectivity index (χ0n) is 36.6. The van der Waals surface area contributed by atoms with Crippen LogP contribution in [0.4, 0.5) is 0 Å². The van der Waals surface area contributed by atoms with Gasteiger partial charge in [0, 0.05) is 13.0 Å². The van der Waals surface area contributed by atoms with Crippen LogP contribution >= 0.6 is 0 Å². The quantitative estimate of drug-likeness (QED) is 0.0271. The Kier molecular flexibility index (Phi) is 37.4. The molecule has 6 atom stereocenters. The summed E-state index contributed by atoms with van der Waals surface area (Å²) < 4.78 is 22.8. The highest BCUT2D eigenvalue weighted by atomic mass is 16.7. The molecule has 0 aromatic rings. The summed E-state index contributed by atoms with van der Waals surface area (Å²) in [7, 11) is 0. The summed E-state index contributed by atoms with van der Waals surface area (Å²) in [5, 5.41) is 40.1. The number of hydrogen-bond acceptors (Lipinski definition) is 9. The molecule has 1 saturated heterocycles. The second kappa shape index (κ2) is 39.8. The lowest BCUT2D eigenvalue weighted by molar-refractivity contribution is -0.305. The normalized spacial score (nSPS) is 20.7. The molecule has 1 fully saturated rings. The average Bonchev–Trinajstić information content (AvgIpc) is 3.21. The maximum absolute atomic E-state index is 12.8. The Labute approximate surface area is 349 Å². The third kappa shape index (κ3) is 31.0. The number of esters is 1. The minimum Gasteiger partial charge on any atom is -0.457 e. The molecule has 4 N–H and O–H groups in total. The van der Waals surface area contributed by atoms with Crippen LogP contribution in [0.5, 0.6) is 0 Å². The standard InChI is InChI=1S/C48H88O9/c1-3-5-7-9-11-13-15-17-18-19-20-21-22-23-24-25-26-28-30-32-34-36-38-54-40-42(41-55-48-47(53)46(52)45(51)43(39-49)57-48)56-44(50)37-35-33-31-29-27-16-14-12-10-8-6-4-2/h15,17,19-20,22-23,42-43,45-49,51-53H,3-14,16,18,21,24-41H2,1-2H3/b17-15-,20-19-,23-22-. The van der Waals surface area contributed by atoms with Gasteiger partial charge in [0.15, 0.2) is 6.29 Å². The Morgan fingerprint density at radius 2 is 1.02 bits per heavy atom. The lowest BCUT2D eigenvalue weighted by atomic mass is 9.99. The van der Waals surface area contributed by atoms with Crippen LogP contribution in [0.25, 0.3) is 0 Å². The van der Waals surface area contributed by atoms with Crippen LogP contribution in [-0.4, -0.2) is 89.6 Å². The SMILES string of the molecule is CCCCCCC/C=C\C/C=C\C/C=C\CCCCCCCCCOCC(COC1OC(CO)C(O)C(O)C1O)OC(=O)CCCCCCCCCCCCCC. The summed E-state index contributed by atoms with van der Waals surface area (Å²) in [5.74, 6) is -0.317. The van der Waals surface area contributed by atoms with Gasteiger partial charge in [-0.05, 0) is 51.4 Å². The molecule has 0 saturated carbocycles. The van der Waals surface area contributed by atoms with Crippen molar-refractivity contribution < 1.29 is 44.2 Å². The van der Waals surface area contributed by atoms with E-state index in [0.29, 0.717) is 13.0 Å². The third-order valence-electron chi connectivity index (χ3n) is 10.8. The molecule has 6 unspecified atom stereocenters. The van der Waals surface area contributed by atoms with Gasteiger partial charge in [-0.3, -0.25) is 4.79 Å². The second-order valence-electron chi connectivity index (χ2n) is 16.2. The number of unbranched alkanes of at least 4 members (excludes halogenated alkanes) is 23. The summed E-state index contributed by atoms with van der Waals surface area (Å²) >= 11 is 0. The lowest BCUT2D eigenvalue weighted by Gasteiger charge is -2.39. The minimum absolute atomic E-state index is 0.115. The van der Waals surface area contributed by atoms with Crippen molar-refractivity contribution >= 4 is 5.97 Å². The molecular formula is C48H88O9. The number of rotatable bonds is 40. The predicted molar refractivity (Wildman–Crippen MR) is 233 cm³/mol. The fraction of sp³-hybridized carbons (Fsp3) is 0.854. The molecule has 0 radical (unpaired) electrons. The molecule has 0 aromatic heterocycles. The fourth-order valence-corrected chi connectivity index (χ4v) is 7.09. The first-order valence-corrected chi connectivity index (χ1v) is 23.6. The van der Waals surface area contributed by atoms with Crippen LogP contribution < -0.4 is 0 Å². The molecule has 0 amide bonds. The molecule has 0 spiro atoms. The molecule has 1 rings (SSSR count). The fourth-order valence-electron chi connectivity index (χ4n) is 7.09. The molecule has 57 heavy (non-hydrogen) atoms. The van der Waals surface area contributed by atoms with Crippen LogP contribution in [0, 0.1) is 0 Å². The molecule has 0 aromatic carbocycles. The van der Waals surface area contributed by atoms with E-state index in [2.05, 4.69) is 50.3 Å². The van der Waals surface area contributed by atoms with Gasteiger partial charge in [0.05, 0.1) is 19.8 Å². The number of aliphatic hydroxyl groups is 4. The summed E-state index contributed by atoms with van der Waals surface area (Å²) in [5.41, 5.74) is 0. The number of allylic oxidation sites excluding steroid dienone is 6. The Morgan fingerprint density at radius 3 is 1.53 bits per heavy atom. The van der Waals surface area contributed by atoms with Gasteiger partial charge < -0.3 is 39.4 Å². The van der Waals surface area contributed by atoms with E-state index >= 15 is 0 Å². The summed E-state index contributed by atoms with van der Waals surface area (Å²) in [6, 6.07) is 0. The lowest BCUT2D eigenvalue weighted by Crippen LogP contribution is -2.59. The molecule has 1 aliphatic heterocycles. The van der Waals surface area contributed by atoms with Crippen molar-refractivity contribution in [3.63, 3.8) is 0 Å². The van der Waals surface area contributed by atoms with Gasteiger partial charge in [0.1, 0.15) is 30.5 Å². The number of aliphatic hydroxyl groups excluding tert-OH is 4. The van der Waals surface area contributed by atoms with E-state index in [9.17, 15) is 25.2 Å². The van der Waals surface area contributed by atoms with E-state index in [1.165, 1.54) is 122 Å². The van der Waals surface area contributed by atoms with E-state index in [1.54, 1.807) is 0 Å². The highest BCUT2D eigenvalue weighted by Crippen LogP contribution is 2.22. The molecule has 334 valence electrons. The average molecular weight is 809 g/mol. The zero-order valence-corrected chi connectivity index (χ0v) is 36.6. The van der Waals surface area contributed by atoms with Gasteiger partial charge >= 0.3 is 5.97 Å². The Balaban J connectivity index is 2.22. The molecule has 1 aliphatic rings. The molecule has 0 aliphatic carbocycles. The topological polar surface area (TPSA) is 135 Å². The highest BCUT2D eigenvalue weighted by molar-refractivity contribution is 5.69. The maximum Gasteiger partial charge on any atom is 0.306 e. The van der Waals surface area contributed by atoms with E-state index in [0.717, 1.165) is 57.8 Å². The van der Waals surface area contributed by atoms with Crippen molar-refractivity contribution in [2.45, 2.75) is 237 Å². The van der Waals surface area contributed by atoms with Crippen LogP contribution in [0.15, 0.2) is 36.5 Å². The monoisotopic (exact) mass is 809 g/mol. The van der Waals surface area contributed by atoms with Crippen molar-refractivity contribution in [1.82, 2.24) is 0 Å². The maximum atomic E-state index is 12.8. The van der Waals surface area contributed by atoms with Gasteiger partial charge in [-0.1, -0.05) is 179 Å². The van der Waals surface area contributed by atoms with Gasteiger partial charge in [-0.2, -0.15) is 0 Å². The van der Waals surface area contributed by atoms with Crippen molar-refractivity contribution in [3.05, 3.63) is 36.5 Å². The molecule has 0 bridgehead atoms. The van der Waals surface area contributed by atoms with Crippen LogP contribution in [0.1, 0.15) is 200 Å². The largest absolute Gasteiger partial charge is 0.457 e. The van der Waals surface area contributed by atoms with E-state index in [-0.39, 0.29) is 19.2 Å². The van der Waals surface area contributed by atoms with Gasteiger partial charge in [0.2, 0.25) is 0 Å². The van der Waals surface area contributed by atoms with Crippen molar-refractivity contribution in [2.75, 3.05) is 26.4 Å².